The van der Waals surface area contributed by atoms with E-state index in [1.54, 1.807) is 0 Å². The van der Waals surface area contributed by atoms with Gasteiger partial charge in [0, 0.05) is 23.8 Å². The third-order valence-electron chi connectivity index (χ3n) is 3.12. The van der Waals surface area contributed by atoms with Gasteiger partial charge in [0.05, 0.1) is 5.56 Å². The second-order valence-corrected chi connectivity index (χ2v) is 5.78. The maximum atomic E-state index is 12.9. The van der Waals surface area contributed by atoms with Gasteiger partial charge < -0.3 is 10.6 Å². The van der Waals surface area contributed by atoms with Gasteiger partial charge in [-0.1, -0.05) is 13.8 Å². The van der Waals surface area contributed by atoms with Gasteiger partial charge >= 0.3 is 6.18 Å². The Bertz CT molecular complexity index is 507. The standard InChI is InChI=1S/C15H22F3N3/c1-9(2)8-21(10(3)4)11-5-6-13(15(16,17)18)12(7-11)14(19)20/h5-7,9-10H,8H2,1-4H3,(H3,19,20). The van der Waals surface area contributed by atoms with Crippen molar-refractivity contribution in [1.29, 1.82) is 5.41 Å². The summed E-state index contributed by atoms with van der Waals surface area (Å²) in [4.78, 5) is 2.01. The molecule has 0 aromatic heterocycles. The Morgan fingerprint density at radius 2 is 1.81 bits per heavy atom. The van der Waals surface area contributed by atoms with Crippen molar-refractivity contribution < 1.29 is 13.2 Å². The first-order valence-corrected chi connectivity index (χ1v) is 6.86. The molecule has 0 radical (unpaired) electrons. The van der Waals surface area contributed by atoms with Gasteiger partial charge in [0.2, 0.25) is 0 Å². The first kappa shape index (κ1) is 17.3. The van der Waals surface area contributed by atoms with E-state index < -0.39 is 17.6 Å². The molecule has 1 rings (SSSR count). The normalized spacial score (nSPS) is 12.0. The molecule has 21 heavy (non-hydrogen) atoms. The van der Waals surface area contributed by atoms with Gasteiger partial charge in [0.25, 0.3) is 0 Å². The molecular formula is C15H22F3N3. The first-order chi connectivity index (χ1) is 9.54. The summed E-state index contributed by atoms with van der Waals surface area (Å²) < 4.78 is 38.8. The molecule has 0 saturated heterocycles. The van der Waals surface area contributed by atoms with Crippen LogP contribution < -0.4 is 10.6 Å². The highest BCUT2D eigenvalue weighted by molar-refractivity contribution is 5.97. The summed E-state index contributed by atoms with van der Waals surface area (Å²) in [5.74, 6) is -0.201. The van der Waals surface area contributed by atoms with Gasteiger partial charge in [-0.25, -0.2) is 0 Å². The largest absolute Gasteiger partial charge is 0.417 e. The molecule has 0 spiro atoms. The Kier molecular flexibility index (Phi) is 5.25. The van der Waals surface area contributed by atoms with E-state index in [2.05, 4.69) is 0 Å². The Morgan fingerprint density at radius 3 is 2.19 bits per heavy atom. The van der Waals surface area contributed by atoms with Gasteiger partial charge in [-0.2, -0.15) is 13.2 Å². The maximum absolute atomic E-state index is 12.9. The number of nitrogens with two attached hydrogens (primary N) is 1. The molecule has 0 aliphatic rings. The topological polar surface area (TPSA) is 53.1 Å². The van der Waals surface area contributed by atoms with E-state index in [0.29, 0.717) is 11.6 Å². The average Bonchev–Trinajstić information content (AvgIpc) is 2.33. The molecule has 118 valence electrons. The molecule has 0 unspecified atom stereocenters. The van der Waals surface area contributed by atoms with Crippen molar-refractivity contribution in [2.24, 2.45) is 11.7 Å². The second kappa shape index (κ2) is 6.37. The van der Waals surface area contributed by atoms with E-state index in [9.17, 15) is 13.2 Å². The average molecular weight is 301 g/mol. The van der Waals surface area contributed by atoms with E-state index in [4.69, 9.17) is 11.1 Å². The Labute approximate surface area is 123 Å². The van der Waals surface area contributed by atoms with Crippen molar-refractivity contribution in [3.63, 3.8) is 0 Å². The number of hydrogen-bond acceptors (Lipinski definition) is 2. The number of anilines is 1. The summed E-state index contributed by atoms with van der Waals surface area (Å²) in [5, 5.41) is 7.40. The van der Waals surface area contributed by atoms with Crippen molar-refractivity contribution in [1.82, 2.24) is 0 Å². The van der Waals surface area contributed by atoms with Crippen LogP contribution in [0.15, 0.2) is 18.2 Å². The number of halogens is 3. The minimum Gasteiger partial charge on any atom is -0.384 e. The smallest absolute Gasteiger partial charge is 0.384 e. The highest BCUT2D eigenvalue weighted by atomic mass is 19.4. The van der Waals surface area contributed by atoms with Crippen molar-refractivity contribution in [3.05, 3.63) is 29.3 Å². The molecule has 0 amide bonds. The van der Waals surface area contributed by atoms with Crippen LogP contribution >= 0.6 is 0 Å². The summed E-state index contributed by atoms with van der Waals surface area (Å²) in [5.41, 5.74) is 4.83. The van der Waals surface area contributed by atoms with E-state index in [1.165, 1.54) is 12.1 Å². The molecule has 0 atom stereocenters. The summed E-state index contributed by atoms with van der Waals surface area (Å²) in [6, 6.07) is 3.94. The van der Waals surface area contributed by atoms with Crippen LogP contribution in [0.5, 0.6) is 0 Å². The lowest BCUT2D eigenvalue weighted by molar-refractivity contribution is -0.137. The first-order valence-electron chi connectivity index (χ1n) is 6.86. The van der Waals surface area contributed by atoms with Gasteiger partial charge in [0.15, 0.2) is 0 Å². The number of amidine groups is 1. The van der Waals surface area contributed by atoms with Crippen molar-refractivity contribution in [2.45, 2.75) is 39.9 Å². The Morgan fingerprint density at radius 1 is 1.24 bits per heavy atom. The second-order valence-electron chi connectivity index (χ2n) is 5.78. The van der Waals surface area contributed by atoms with Crippen LogP contribution in [0.2, 0.25) is 0 Å². The molecule has 6 heteroatoms. The molecule has 3 nitrogen and oxygen atoms in total. The van der Waals surface area contributed by atoms with Crippen molar-refractivity contribution in [3.8, 4) is 0 Å². The SMILES string of the molecule is CC(C)CN(c1ccc(C(F)(F)F)c(C(=N)N)c1)C(C)C. The molecule has 0 heterocycles. The number of nitrogen functional groups attached to an aromatic ring is 1. The quantitative estimate of drug-likeness (QED) is 0.641. The fourth-order valence-electron chi connectivity index (χ4n) is 2.19. The fraction of sp³-hybridized carbons (Fsp3) is 0.533. The zero-order chi connectivity index (χ0) is 16.4. The third-order valence-corrected chi connectivity index (χ3v) is 3.12. The van der Waals surface area contributed by atoms with Gasteiger partial charge in [-0.3, -0.25) is 5.41 Å². The molecule has 0 saturated carbocycles. The monoisotopic (exact) mass is 301 g/mol. The number of benzene rings is 1. The van der Waals surface area contributed by atoms with E-state index >= 15 is 0 Å². The molecular weight excluding hydrogens is 279 g/mol. The van der Waals surface area contributed by atoms with Gasteiger partial charge in [-0.05, 0) is 38.0 Å². The summed E-state index contributed by atoms with van der Waals surface area (Å²) >= 11 is 0. The zero-order valence-electron chi connectivity index (χ0n) is 12.8. The van der Waals surface area contributed by atoms with Crippen LogP contribution in [0.1, 0.15) is 38.8 Å². The number of rotatable bonds is 5. The number of nitrogens with one attached hydrogen (secondary N) is 1. The third kappa shape index (κ3) is 4.37. The van der Waals surface area contributed by atoms with E-state index in [-0.39, 0.29) is 11.6 Å². The molecule has 0 aliphatic heterocycles. The lowest BCUT2D eigenvalue weighted by Gasteiger charge is -2.31. The van der Waals surface area contributed by atoms with Crippen LogP contribution in [0.3, 0.4) is 0 Å². The minimum absolute atomic E-state index is 0.143. The number of nitrogens with zero attached hydrogens (tertiary/aromatic N) is 1. The zero-order valence-corrected chi connectivity index (χ0v) is 12.8. The Hall–Kier alpha value is -1.72. The van der Waals surface area contributed by atoms with E-state index in [0.717, 1.165) is 12.6 Å². The highest BCUT2D eigenvalue weighted by Crippen LogP contribution is 2.34. The predicted molar refractivity (Wildman–Crippen MR) is 79.8 cm³/mol. The van der Waals surface area contributed by atoms with Gasteiger partial charge in [-0.15, -0.1) is 0 Å². The maximum Gasteiger partial charge on any atom is 0.417 e. The minimum atomic E-state index is -4.51. The number of alkyl halides is 3. The molecule has 1 aromatic carbocycles. The van der Waals surface area contributed by atoms with Crippen LogP contribution in [-0.4, -0.2) is 18.4 Å². The Balaban J connectivity index is 3.33. The molecule has 0 aliphatic carbocycles. The van der Waals surface area contributed by atoms with Crippen LogP contribution in [-0.2, 0) is 6.18 Å². The van der Waals surface area contributed by atoms with Crippen LogP contribution in [0.4, 0.5) is 18.9 Å². The predicted octanol–water partition coefficient (Wildman–Crippen LogP) is 3.86. The van der Waals surface area contributed by atoms with Gasteiger partial charge in [0.1, 0.15) is 5.84 Å². The molecule has 0 fully saturated rings. The summed E-state index contributed by atoms with van der Waals surface area (Å²) in [7, 11) is 0. The lowest BCUT2D eigenvalue weighted by atomic mass is 10.0. The highest BCUT2D eigenvalue weighted by Gasteiger charge is 2.34. The van der Waals surface area contributed by atoms with Crippen LogP contribution in [0, 0.1) is 11.3 Å². The van der Waals surface area contributed by atoms with E-state index in [1.807, 2.05) is 32.6 Å². The molecule has 1 aromatic rings. The lowest BCUT2D eigenvalue weighted by Crippen LogP contribution is -2.34. The fourth-order valence-corrected chi connectivity index (χ4v) is 2.19. The molecule has 0 bridgehead atoms. The van der Waals surface area contributed by atoms with Crippen LogP contribution in [0.25, 0.3) is 0 Å². The summed E-state index contributed by atoms with van der Waals surface area (Å²) in [6.45, 7) is 8.78. The number of hydrogen-bond donors (Lipinski definition) is 2. The summed E-state index contributed by atoms with van der Waals surface area (Å²) in [6.07, 6.45) is -4.51. The molecule has 3 N–H and O–H groups in total. The van der Waals surface area contributed by atoms with Crippen molar-refractivity contribution >= 4 is 11.5 Å². The van der Waals surface area contributed by atoms with Crippen molar-refractivity contribution in [2.75, 3.05) is 11.4 Å².